The molecule has 0 spiro atoms. The average molecular weight is 1070 g/mol. The van der Waals surface area contributed by atoms with Gasteiger partial charge in [-0.25, -0.2) is 0 Å². The lowest BCUT2D eigenvalue weighted by Crippen LogP contribution is -2.60. The molecule has 1 aliphatic rings. The zero-order chi connectivity index (χ0) is 55.2. The number of allylic oxidation sites excluding steroid dienone is 11. The van der Waals surface area contributed by atoms with Crippen LogP contribution in [0.2, 0.25) is 0 Å². The molecular formula is C65H115NO10. The van der Waals surface area contributed by atoms with Crippen LogP contribution in [0.25, 0.3) is 0 Å². The van der Waals surface area contributed by atoms with Crippen molar-refractivity contribution in [2.45, 2.75) is 307 Å². The van der Waals surface area contributed by atoms with Crippen molar-refractivity contribution in [3.05, 3.63) is 72.9 Å². The van der Waals surface area contributed by atoms with Crippen molar-refractivity contribution in [3.8, 4) is 0 Å². The van der Waals surface area contributed by atoms with Gasteiger partial charge in [0.2, 0.25) is 5.91 Å². The molecule has 7 unspecified atom stereocenters. The number of carbonyl (C=O) groups excluding carboxylic acids is 2. The number of esters is 1. The summed E-state index contributed by atoms with van der Waals surface area (Å²) in [6.45, 7) is 4.21. The topological polar surface area (TPSA) is 175 Å². The third-order valence-corrected chi connectivity index (χ3v) is 14.3. The van der Waals surface area contributed by atoms with Crippen molar-refractivity contribution in [1.82, 2.24) is 5.32 Å². The van der Waals surface area contributed by atoms with Gasteiger partial charge in [-0.05, 0) is 103 Å². The number of hydrogen-bond acceptors (Lipinski definition) is 10. The van der Waals surface area contributed by atoms with E-state index in [1.165, 1.54) is 141 Å². The number of amides is 1. The molecule has 6 N–H and O–H groups in total. The van der Waals surface area contributed by atoms with Crippen LogP contribution in [0.3, 0.4) is 0 Å². The highest BCUT2D eigenvalue weighted by Crippen LogP contribution is 2.23. The van der Waals surface area contributed by atoms with Crippen molar-refractivity contribution in [2.24, 2.45) is 0 Å². The third kappa shape index (κ3) is 43.0. The highest BCUT2D eigenvalue weighted by atomic mass is 16.7. The number of carbonyl (C=O) groups is 2. The molecule has 0 aliphatic carbocycles. The van der Waals surface area contributed by atoms with Gasteiger partial charge in [-0.15, -0.1) is 0 Å². The smallest absolute Gasteiger partial charge is 0.305 e. The zero-order valence-electron chi connectivity index (χ0n) is 48.4. The number of unbranched alkanes of at least 4 members (excludes halogenated alkanes) is 29. The van der Waals surface area contributed by atoms with Crippen LogP contribution >= 0.6 is 0 Å². The van der Waals surface area contributed by atoms with Gasteiger partial charge in [0.1, 0.15) is 24.4 Å². The molecule has 11 nitrogen and oxygen atoms in total. The van der Waals surface area contributed by atoms with Gasteiger partial charge in [-0.2, -0.15) is 0 Å². The van der Waals surface area contributed by atoms with Gasteiger partial charge in [-0.1, -0.05) is 222 Å². The Balaban J connectivity index is 2.01. The van der Waals surface area contributed by atoms with Gasteiger partial charge in [0.25, 0.3) is 0 Å². The molecule has 0 saturated carbocycles. The Bertz CT molecular complexity index is 1490. The summed E-state index contributed by atoms with van der Waals surface area (Å²) in [6, 6.07) is -0.832. The van der Waals surface area contributed by atoms with Crippen molar-refractivity contribution < 1.29 is 49.3 Å². The van der Waals surface area contributed by atoms with E-state index in [0.29, 0.717) is 19.4 Å². The Kier molecular flexibility index (Phi) is 50.6. The second-order valence-corrected chi connectivity index (χ2v) is 21.4. The van der Waals surface area contributed by atoms with E-state index in [-0.39, 0.29) is 18.5 Å². The lowest BCUT2D eigenvalue weighted by Gasteiger charge is -2.40. The van der Waals surface area contributed by atoms with Gasteiger partial charge >= 0.3 is 5.97 Å². The molecule has 76 heavy (non-hydrogen) atoms. The number of aliphatic hydroxyl groups excluding tert-OH is 5. The van der Waals surface area contributed by atoms with E-state index >= 15 is 0 Å². The summed E-state index contributed by atoms with van der Waals surface area (Å²) in [7, 11) is 0. The molecule has 0 bridgehead atoms. The number of aliphatic hydroxyl groups is 5. The van der Waals surface area contributed by atoms with Gasteiger partial charge in [-0.3, -0.25) is 9.59 Å². The summed E-state index contributed by atoms with van der Waals surface area (Å²) in [5.41, 5.74) is 0. The van der Waals surface area contributed by atoms with Crippen molar-refractivity contribution in [3.63, 3.8) is 0 Å². The van der Waals surface area contributed by atoms with Gasteiger partial charge in [0.05, 0.1) is 32.0 Å². The van der Waals surface area contributed by atoms with Crippen LogP contribution in [-0.4, -0.2) is 100 Å². The quantitative estimate of drug-likeness (QED) is 0.0195. The monoisotopic (exact) mass is 1070 g/mol. The Morgan fingerprint density at radius 2 is 0.908 bits per heavy atom. The van der Waals surface area contributed by atoms with E-state index in [2.05, 4.69) is 79.9 Å². The fourth-order valence-electron chi connectivity index (χ4n) is 9.26. The normalized spacial score (nSPS) is 19.2. The van der Waals surface area contributed by atoms with E-state index < -0.39 is 49.5 Å². The number of rotatable bonds is 53. The molecule has 1 amide bonds. The van der Waals surface area contributed by atoms with Crippen molar-refractivity contribution >= 4 is 11.9 Å². The minimum Gasteiger partial charge on any atom is -0.466 e. The first-order valence-corrected chi connectivity index (χ1v) is 31.2. The first-order chi connectivity index (χ1) is 37.2. The first-order valence-electron chi connectivity index (χ1n) is 31.2. The Hall–Kier alpha value is -2.90. The highest BCUT2D eigenvalue weighted by molar-refractivity contribution is 5.76. The maximum atomic E-state index is 13.0. The molecule has 0 aromatic rings. The van der Waals surface area contributed by atoms with Crippen molar-refractivity contribution in [1.29, 1.82) is 0 Å². The van der Waals surface area contributed by atoms with Crippen LogP contribution in [0, 0.1) is 0 Å². The lowest BCUT2D eigenvalue weighted by molar-refractivity contribution is -0.302. The molecule has 1 fully saturated rings. The number of hydrogen-bond donors (Lipinski definition) is 6. The molecular weight excluding hydrogens is 955 g/mol. The summed E-state index contributed by atoms with van der Waals surface area (Å²) >= 11 is 0. The third-order valence-electron chi connectivity index (χ3n) is 14.3. The van der Waals surface area contributed by atoms with Crippen LogP contribution in [0.1, 0.15) is 264 Å². The van der Waals surface area contributed by atoms with E-state index in [1.807, 2.05) is 6.08 Å². The molecule has 1 aliphatic heterocycles. The Morgan fingerprint density at radius 3 is 1.42 bits per heavy atom. The molecule has 1 saturated heterocycles. The van der Waals surface area contributed by atoms with Gasteiger partial charge < -0.3 is 45.1 Å². The molecule has 0 aromatic heterocycles. The summed E-state index contributed by atoms with van der Waals surface area (Å²) in [6.07, 6.45) is 61.7. The minimum atomic E-state index is -1.58. The molecule has 0 aromatic carbocycles. The zero-order valence-corrected chi connectivity index (χ0v) is 48.4. The summed E-state index contributed by atoms with van der Waals surface area (Å²) in [5.74, 6) is -0.220. The summed E-state index contributed by atoms with van der Waals surface area (Å²) in [4.78, 5) is 25.0. The molecule has 1 rings (SSSR count). The molecule has 1 heterocycles. The van der Waals surface area contributed by atoms with Crippen LogP contribution in [0.4, 0.5) is 0 Å². The van der Waals surface area contributed by atoms with Gasteiger partial charge in [0, 0.05) is 12.8 Å². The Labute approximate surface area is 464 Å². The molecule has 440 valence electrons. The highest BCUT2D eigenvalue weighted by Gasteiger charge is 2.44. The van der Waals surface area contributed by atoms with Crippen LogP contribution in [0.5, 0.6) is 0 Å². The standard InChI is InChI=1S/C65H115NO10/c1-3-5-7-9-11-13-14-15-30-33-37-41-45-49-53-61(70)74-54-50-46-42-38-34-31-28-26-24-22-20-18-16-17-19-21-23-25-27-29-32-36-40-44-48-52-60(69)66-57(58(68)51-47-43-39-35-12-10-8-6-4-2)56-75-65-64(73)63(72)62(71)59(55-67)76-65/h9,11-12,14-15,17-20,35,47,51,57-59,62-65,67-68,71-73H,3-8,10,13,16,21-34,36-46,48-50,52-56H2,1-2H3,(H,66,69)/b11-9-,15-14-,19-17-,20-18-,35-12+,51-47+. The number of nitrogens with one attached hydrogen (secondary N) is 1. The maximum Gasteiger partial charge on any atom is 0.305 e. The average Bonchev–Trinajstić information content (AvgIpc) is 3.42. The lowest BCUT2D eigenvalue weighted by atomic mass is 9.99. The fraction of sp³-hybridized carbons (Fsp3) is 0.785. The van der Waals surface area contributed by atoms with Crippen molar-refractivity contribution in [2.75, 3.05) is 19.8 Å². The predicted octanol–water partition coefficient (Wildman–Crippen LogP) is 14.8. The molecule has 0 radical (unpaired) electrons. The summed E-state index contributed by atoms with van der Waals surface area (Å²) < 4.78 is 16.7. The number of ether oxygens (including phenoxy) is 3. The largest absolute Gasteiger partial charge is 0.466 e. The first kappa shape index (κ1) is 71.1. The maximum absolute atomic E-state index is 13.0. The van der Waals surface area contributed by atoms with E-state index in [4.69, 9.17) is 14.2 Å². The second-order valence-electron chi connectivity index (χ2n) is 21.4. The van der Waals surface area contributed by atoms with Crippen LogP contribution in [-0.2, 0) is 23.8 Å². The minimum absolute atomic E-state index is 0.0177. The molecule has 7 atom stereocenters. The van der Waals surface area contributed by atoms with Crippen LogP contribution in [0.15, 0.2) is 72.9 Å². The second kappa shape index (κ2) is 54.1. The Morgan fingerprint density at radius 1 is 0.487 bits per heavy atom. The van der Waals surface area contributed by atoms with Crippen LogP contribution < -0.4 is 5.32 Å². The fourth-order valence-corrected chi connectivity index (χ4v) is 9.26. The van der Waals surface area contributed by atoms with Gasteiger partial charge in [0.15, 0.2) is 6.29 Å². The van der Waals surface area contributed by atoms with E-state index in [1.54, 1.807) is 6.08 Å². The summed E-state index contributed by atoms with van der Waals surface area (Å²) in [5, 5.41) is 54.2. The SMILES string of the molecule is CCCC/C=C\C/C=C\CCCCCCCC(=O)OCCCCCCCCCCC/C=C\C/C=C\CCCCCCCCCCCC(=O)NC(COC1OC(CO)C(O)C(O)C1O)C(O)/C=C/CC/C=C/CCCCC. The van der Waals surface area contributed by atoms with E-state index in [9.17, 15) is 35.1 Å². The van der Waals surface area contributed by atoms with E-state index in [0.717, 1.165) is 96.3 Å². The molecule has 11 heteroatoms. The predicted molar refractivity (Wildman–Crippen MR) is 315 cm³/mol.